The molecule has 0 spiro atoms. The summed E-state index contributed by atoms with van der Waals surface area (Å²) in [6.07, 6.45) is -14.0. The van der Waals surface area contributed by atoms with E-state index in [1.54, 1.807) is 25.6 Å². The van der Waals surface area contributed by atoms with Crippen LogP contribution in [0, 0.1) is 6.92 Å². The van der Waals surface area contributed by atoms with Crippen molar-refractivity contribution in [1.29, 1.82) is 0 Å². The lowest BCUT2D eigenvalue weighted by molar-refractivity contribution is -0.140. The average Bonchev–Trinajstić information content (AvgIpc) is 1.65. The summed E-state index contributed by atoms with van der Waals surface area (Å²) < 4.78 is 177. The van der Waals surface area contributed by atoms with Gasteiger partial charge in [0.25, 0.3) is 0 Å². The highest BCUT2D eigenvalue weighted by Gasteiger charge is 2.64. The number of hydrogen-bond acceptors (Lipinski definition) is 33. The minimum atomic E-state index is -3.64. The average molecular weight is 1750 g/mol. The number of alkyl halides is 10. The molecule has 49 heteroatoms. The molecule has 0 saturated carbocycles. The van der Waals surface area contributed by atoms with E-state index in [0.717, 1.165) is 56.3 Å². The number of unbranched alkanes of at least 4 members (excludes halogenated alkanes) is 2. The van der Waals surface area contributed by atoms with E-state index in [9.17, 15) is 93.4 Å². The number of aromatic nitrogens is 10. The third-order valence-corrected chi connectivity index (χ3v) is 19.2. The summed E-state index contributed by atoms with van der Waals surface area (Å²) in [6, 6.07) is 4.97. The van der Waals surface area contributed by atoms with E-state index in [0.29, 0.717) is 74.2 Å². The molecule has 5 aromatic heterocycles. The van der Waals surface area contributed by atoms with Crippen LogP contribution in [0.3, 0.4) is 0 Å². The molecule has 0 aliphatic carbocycles. The molecule has 19 N–H and O–H groups in total. The zero-order valence-corrected chi connectivity index (χ0v) is 66.0. The molecule has 0 aromatic carbocycles. The maximum absolute atomic E-state index is 14.3. The number of hydrogen-bond donors (Lipinski definition) is 15. The van der Waals surface area contributed by atoms with Crippen molar-refractivity contribution in [2.75, 3.05) is 135 Å². The predicted octanol–water partition coefficient (Wildman–Crippen LogP) is -1.05. The van der Waals surface area contributed by atoms with Crippen molar-refractivity contribution in [2.24, 2.45) is 0 Å². The molecule has 10 heterocycles. The van der Waals surface area contributed by atoms with Gasteiger partial charge < -0.3 is 113 Å². The van der Waals surface area contributed by atoms with Crippen molar-refractivity contribution in [3.8, 4) is 0 Å². The van der Waals surface area contributed by atoms with Gasteiger partial charge in [-0.3, -0.25) is 22.8 Å². The quantitative estimate of drug-likeness (QED) is 0.0180. The van der Waals surface area contributed by atoms with Crippen LogP contribution < -0.4 is 78.0 Å². The number of aliphatic hydroxyl groups excluding tert-OH is 6. The first-order valence-electron chi connectivity index (χ1n) is 36.0. The van der Waals surface area contributed by atoms with Gasteiger partial charge in [-0.25, -0.2) is 24.0 Å². The van der Waals surface area contributed by atoms with E-state index >= 15 is 0 Å². The molecule has 0 radical (unpaired) electrons. The second-order valence-corrected chi connectivity index (χ2v) is 29.1. The minimum absolute atomic E-state index is 0.0189. The van der Waals surface area contributed by atoms with E-state index < -0.39 is 150 Å². The normalized spacial score (nSPS) is 26.9. The molecule has 650 valence electrons. The molecule has 5 saturated heterocycles. The van der Waals surface area contributed by atoms with E-state index in [2.05, 4.69) is 67.4 Å². The Morgan fingerprint density at radius 1 is 0.522 bits per heavy atom. The number of halogens is 11. The summed E-state index contributed by atoms with van der Waals surface area (Å²) in [5, 5.41) is 72.4. The van der Waals surface area contributed by atoms with E-state index in [-0.39, 0.29) is 73.1 Å². The predicted molar refractivity (Wildman–Crippen MR) is 400 cm³/mol. The summed E-state index contributed by atoms with van der Waals surface area (Å²) in [4.78, 5) is 78.0. The SMILES string of the molecule is CCCCNC[C@H]1O[C@@H](n2cc(Br)c(N)nc2=O)C(F)(F)[C@@H]1O.CN(C)CCCNC[C@H]1O[C@@H](n2ccc(N)nc2=O)C(F)(F)[C@@H]1O.COCC(C)NC[C@H]1O[C@@H](n2ccc(N)nc2=O)C(F)(F)[C@@H]1O.CSCCNC[C@H]1O[C@@H](n2ccc(N)nc2=O)C(F)(F)[C@@H]1O.Cc1ccn([C@@H]2O[C@H](CNCCCCO)[C@@H](O)C2(F)F)c(=O)n1. The van der Waals surface area contributed by atoms with E-state index in [4.69, 9.17) is 56.5 Å². The zero-order chi connectivity index (χ0) is 85.7. The molecule has 5 aliphatic rings. The maximum Gasteiger partial charge on any atom is 0.351 e. The highest BCUT2D eigenvalue weighted by atomic mass is 79.9. The number of ether oxygens (including phenoxy) is 6. The van der Waals surface area contributed by atoms with Crippen LogP contribution in [0.5, 0.6) is 0 Å². The fraction of sp³-hybridized carbons (Fsp3) is 0.697. The van der Waals surface area contributed by atoms with Gasteiger partial charge in [0, 0.05) is 101 Å². The Morgan fingerprint density at radius 2 is 0.852 bits per heavy atom. The summed E-state index contributed by atoms with van der Waals surface area (Å²) in [5.74, 6) is -17.6. The molecular formula is C66H101BrF10N20O17S. The fourth-order valence-electron chi connectivity index (χ4n) is 11.8. The Morgan fingerprint density at radius 3 is 1.19 bits per heavy atom. The number of aryl methyl sites for hydroxylation is 1. The summed E-state index contributed by atoms with van der Waals surface area (Å²) >= 11 is 4.64. The molecule has 115 heavy (non-hydrogen) atoms. The van der Waals surface area contributed by atoms with Crippen LogP contribution in [-0.2, 0) is 28.4 Å². The minimum Gasteiger partial charge on any atom is -0.396 e. The second-order valence-electron chi connectivity index (χ2n) is 27.3. The van der Waals surface area contributed by atoms with Gasteiger partial charge in [0.2, 0.25) is 31.1 Å². The van der Waals surface area contributed by atoms with Crippen LogP contribution >= 0.6 is 27.7 Å². The number of aliphatic hydroxyl groups is 6. The lowest BCUT2D eigenvalue weighted by Crippen LogP contribution is -2.44. The van der Waals surface area contributed by atoms with Crippen molar-refractivity contribution >= 4 is 51.0 Å². The number of nitrogens with one attached hydrogen (secondary N) is 5. The smallest absolute Gasteiger partial charge is 0.351 e. The second kappa shape index (κ2) is 43.6. The maximum atomic E-state index is 14.3. The van der Waals surface area contributed by atoms with Gasteiger partial charge in [-0.05, 0) is 126 Å². The number of methoxy groups -OCH3 is 1. The molecule has 10 rings (SSSR count). The number of thioether (sulfide) groups is 1. The number of nitrogens with two attached hydrogens (primary N) is 4. The van der Waals surface area contributed by atoms with Crippen LogP contribution in [0.15, 0.2) is 83.7 Å². The Balaban J connectivity index is 0.000000224. The van der Waals surface area contributed by atoms with Crippen molar-refractivity contribution in [3.05, 3.63) is 118 Å². The van der Waals surface area contributed by atoms with Crippen LogP contribution in [0.1, 0.15) is 82.8 Å². The van der Waals surface area contributed by atoms with Crippen LogP contribution in [0.25, 0.3) is 0 Å². The van der Waals surface area contributed by atoms with Gasteiger partial charge in [0.05, 0.1) is 11.1 Å². The molecule has 5 fully saturated rings. The van der Waals surface area contributed by atoms with Crippen molar-refractivity contribution in [3.63, 3.8) is 0 Å². The molecule has 0 bridgehead atoms. The first-order valence-corrected chi connectivity index (χ1v) is 38.2. The summed E-state index contributed by atoms with van der Waals surface area (Å²) in [5.41, 5.74) is 17.2. The lowest BCUT2D eigenvalue weighted by Gasteiger charge is -2.21. The molecular weight excluding hydrogens is 1650 g/mol. The van der Waals surface area contributed by atoms with Gasteiger partial charge in [0.1, 0.15) is 84.3 Å². The Labute approximate surface area is 663 Å². The summed E-state index contributed by atoms with van der Waals surface area (Å²) in [7, 11) is 5.39. The number of anilines is 4. The molecule has 5 aromatic rings. The molecule has 0 amide bonds. The fourth-order valence-corrected chi connectivity index (χ4v) is 12.4. The van der Waals surface area contributed by atoms with Crippen molar-refractivity contribution in [1.82, 2.24) is 79.2 Å². The third-order valence-electron chi connectivity index (χ3n) is 18.0. The topological polar surface area (TPSA) is 519 Å². The number of nitrogens with zero attached hydrogens (tertiary/aromatic N) is 11. The zero-order valence-electron chi connectivity index (χ0n) is 63.6. The summed E-state index contributed by atoms with van der Waals surface area (Å²) in [6.45, 7) is 9.20. The molecule has 1 unspecified atom stereocenters. The van der Waals surface area contributed by atoms with Gasteiger partial charge in [0.15, 0.2) is 0 Å². The first-order chi connectivity index (χ1) is 54.0. The van der Waals surface area contributed by atoms with E-state index in [1.807, 2.05) is 32.2 Å². The number of rotatable bonds is 32. The Bertz CT molecular complexity index is 4180. The van der Waals surface area contributed by atoms with Gasteiger partial charge in [-0.1, -0.05) is 13.3 Å². The molecule has 37 nitrogen and oxygen atoms in total. The molecule has 5 aliphatic heterocycles. The Hall–Kier alpha value is -6.99. The van der Waals surface area contributed by atoms with Crippen molar-refractivity contribution < 1.29 is 103 Å². The number of nitrogen functional groups attached to an aromatic ring is 4. The largest absolute Gasteiger partial charge is 0.396 e. The lowest BCUT2D eigenvalue weighted by atomic mass is 10.1. The standard InChI is InChI=1S/C14H23F2N5O3.C14H21F2N3O4.C13H19BrF2N4O3.C13H20F2N4O4.C12H18F2N4O3S/c1-20(2)6-3-5-18-8-9-11(22)14(15,16)12(24-9)21-7-4-10(17)19-13(21)23;1-9-4-6-19(13(22)18-9)12-14(15,16)11(21)10(23-12)8-17-5-2-3-7-20;1-2-3-4-18-5-8-9(21)13(15,16)11(23-8)20-6-7(14)10(17)19-12(20)22;1-7(6-22-2)17-5-8-10(20)13(14,15)11(23-8)19-4-3-9(16)18-12(19)21;1-22-5-3-16-6-7-9(19)12(13,14)10(21-7)18-4-2-8(15)17-11(18)20/h4,7,9,11-12,18,22H,3,5-6,8H2,1-2H3,(H2,17,19,23);4,6,10-12,17,20-21H,2-3,5,7-8H2,1H3;6,8-9,11,18,21H,2-5H2,1H3,(H2,17,19,22);3-4,7-8,10-11,17,20H,5-6H2,1-2H3,(H2,16,18,21);2,4,7,9-10,16,19H,3,5-6H2,1H3,(H2,15,17,20)/t9-,11-,12-;10-,11-,12-;8-,9-,11-;7?,8-,10-,11-;7-,9-,10-/m11111/s1. The Kier molecular flexibility index (Phi) is 36.7. The van der Waals surface area contributed by atoms with Gasteiger partial charge >= 0.3 is 58.1 Å². The highest BCUT2D eigenvalue weighted by Crippen LogP contribution is 2.46. The van der Waals surface area contributed by atoms with Crippen LogP contribution in [-0.4, -0.2) is 292 Å². The van der Waals surface area contributed by atoms with Crippen LogP contribution in [0.4, 0.5) is 67.2 Å². The monoisotopic (exact) mass is 1750 g/mol. The highest BCUT2D eigenvalue weighted by molar-refractivity contribution is 9.10. The van der Waals surface area contributed by atoms with Gasteiger partial charge in [-0.15, -0.1) is 0 Å². The first kappa shape index (κ1) is 96.8. The van der Waals surface area contributed by atoms with Gasteiger partial charge in [-0.2, -0.15) is 80.6 Å². The van der Waals surface area contributed by atoms with Crippen LogP contribution in [0.2, 0.25) is 0 Å². The van der Waals surface area contributed by atoms with E-state index in [1.165, 1.54) is 37.6 Å². The third kappa shape index (κ3) is 25.3. The van der Waals surface area contributed by atoms with Crippen molar-refractivity contribution in [2.45, 2.75) is 181 Å². The molecule has 16 atom stereocenters.